The summed E-state index contributed by atoms with van der Waals surface area (Å²) in [4.78, 5) is 0. The van der Waals surface area contributed by atoms with E-state index in [1.54, 1.807) is 6.07 Å². The third-order valence-corrected chi connectivity index (χ3v) is 4.22. The Hall–Kier alpha value is -1.51. The normalized spacial score (nSPS) is 15.9. The van der Waals surface area contributed by atoms with Crippen LogP contribution in [0.15, 0.2) is 48.5 Å². The van der Waals surface area contributed by atoms with Gasteiger partial charge < -0.3 is 10.4 Å². The van der Waals surface area contributed by atoms with Crippen molar-refractivity contribution in [2.75, 3.05) is 6.54 Å². The van der Waals surface area contributed by atoms with E-state index in [9.17, 15) is 5.11 Å². The van der Waals surface area contributed by atoms with Crippen LogP contribution in [0.4, 0.5) is 0 Å². The molecule has 0 amide bonds. The molecule has 21 heavy (non-hydrogen) atoms. The van der Waals surface area contributed by atoms with Crippen molar-refractivity contribution in [1.82, 2.24) is 5.32 Å². The molecule has 0 radical (unpaired) electrons. The van der Waals surface area contributed by atoms with Crippen LogP contribution in [-0.2, 0) is 6.42 Å². The summed E-state index contributed by atoms with van der Waals surface area (Å²) >= 11 is 5.99. The average Bonchev–Trinajstić information content (AvgIpc) is 3.29. The van der Waals surface area contributed by atoms with Crippen LogP contribution in [0.1, 0.15) is 29.9 Å². The number of rotatable bonds is 6. The summed E-state index contributed by atoms with van der Waals surface area (Å²) < 4.78 is 0. The van der Waals surface area contributed by atoms with Crippen molar-refractivity contribution in [3.05, 3.63) is 64.7 Å². The van der Waals surface area contributed by atoms with Gasteiger partial charge in [0.1, 0.15) is 5.75 Å². The highest BCUT2D eigenvalue weighted by atomic mass is 35.5. The number of phenolic OH excluding ortho intramolecular Hbond substituents is 1. The maximum atomic E-state index is 9.63. The van der Waals surface area contributed by atoms with Gasteiger partial charge in [-0.05, 0) is 54.7 Å². The van der Waals surface area contributed by atoms with Crippen molar-refractivity contribution in [3.63, 3.8) is 0 Å². The third kappa shape index (κ3) is 4.23. The first kappa shape index (κ1) is 14.4. The number of hydrogen-bond acceptors (Lipinski definition) is 2. The van der Waals surface area contributed by atoms with Crippen molar-refractivity contribution in [1.29, 1.82) is 0 Å². The summed E-state index contributed by atoms with van der Waals surface area (Å²) in [6.07, 6.45) is 3.49. The fourth-order valence-electron chi connectivity index (χ4n) is 2.61. The number of phenols is 1. The number of hydrogen-bond donors (Lipinski definition) is 2. The predicted molar refractivity (Wildman–Crippen MR) is 87.0 cm³/mol. The summed E-state index contributed by atoms with van der Waals surface area (Å²) in [6, 6.07) is 16.3. The molecule has 2 nitrogen and oxygen atoms in total. The van der Waals surface area contributed by atoms with Gasteiger partial charge in [0.25, 0.3) is 0 Å². The Morgan fingerprint density at radius 3 is 2.57 bits per heavy atom. The van der Waals surface area contributed by atoms with E-state index in [4.69, 9.17) is 11.6 Å². The Morgan fingerprint density at radius 2 is 1.90 bits per heavy atom. The lowest BCUT2D eigenvalue weighted by atomic mass is 9.92. The second-order valence-electron chi connectivity index (χ2n) is 5.81. The Labute approximate surface area is 130 Å². The van der Waals surface area contributed by atoms with E-state index in [1.165, 1.54) is 18.4 Å². The molecule has 0 bridgehead atoms. The summed E-state index contributed by atoms with van der Waals surface area (Å²) in [5.41, 5.74) is 2.45. The maximum Gasteiger partial charge on any atom is 0.115 e. The van der Waals surface area contributed by atoms with Crippen molar-refractivity contribution < 1.29 is 5.11 Å². The molecule has 3 heteroatoms. The van der Waals surface area contributed by atoms with Gasteiger partial charge in [-0.2, -0.15) is 0 Å². The van der Waals surface area contributed by atoms with Crippen LogP contribution in [0.5, 0.6) is 5.75 Å². The molecule has 3 rings (SSSR count). The smallest absolute Gasteiger partial charge is 0.115 e. The SMILES string of the molecule is Oc1cccc(CC(CNC2CC2)c2ccc(Cl)cc2)c1. The molecule has 1 aliphatic carbocycles. The van der Waals surface area contributed by atoms with E-state index in [2.05, 4.69) is 23.5 Å². The maximum absolute atomic E-state index is 9.63. The highest BCUT2D eigenvalue weighted by molar-refractivity contribution is 6.30. The third-order valence-electron chi connectivity index (χ3n) is 3.96. The minimum absolute atomic E-state index is 0.331. The van der Waals surface area contributed by atoms with E-state index in [1.807, 2.05) is 24.3 Å². The summed E-state index contributed by atoms with van der Waals surface area (Å²) in [5.74, 6) is 0.724. The number of benzene rings is 2. The lowest BCUT2D eigenvalue weighted by Gasteiger charge is -2.18. The average molecular weight is 302 g/mol. The molecule has 110 valence electrons. The summed E-state index contributed by atoms with van der Waals surface area (Å²) in [7, 11) is 0. The second-order valence-corrected chi connectivity index (χ2v) is 6.24. The fourth-order valence-corrected chi connectivity index (χ4v) is 2.73. The van der Waals surface area contributed by atoms with Gasteiger partial charge in [-0.15, -0.1) is 0 Å². The quantitative estimate of drug-likeness (QED) is 0.841. The standard InChI is InChI=1S/C18H20ClNO/c19-16-6-4-14(5-7-16)15(12-20-17-8-9-17)10-13-2-1-3-18(21)11-13/h1-7,11,15,17,20-21H,8-10,12H2. The van der Waals surface area contributed by atoms with Gasteiger partial charge in [-0.1, -0.05) is 35.9 Å². The van der Waals surface area contributed by atoms with Crippen LogP contribution in [0.2, 0.25) is 5.02 Å². The summed E-state index contributed by atoms with van der Waals surface area (Å²) in [5, 5.41) is 14.0. The van der Waals surface area contributed by atoms with Gasteiger partial charge in [0, 0.05) is 23.5 Å². The zero-order valence-corrected chi connectivity index (χ0v) is 12.7. The van der Waals surface area contributed by atoms with Crippen LogP contribution in [-0.4, -0.2) is 17.7 Å². The van der Waals surface area contributed by atoms with Crippen molar-refractivity contribution in [2.24, 2.45) is 0 Å². The van der Waals surface area contributed by atoms with Gasteiger partial charge in [0.05, 0.1) is 0 Å². The molecule has 0 spiro atoms. The molecule has 2 aromatic carbocycles. The Kier molecular flexibility index (Phi) is 4.47. The van der Waals surface area contributed by atoms with Crippen LogP contribution < -0.4 is 5.32 Å². The number of aromatic hydroxyl groups is 1. The van der Waals surface area contributed by atoms with Crippen LogP contribution >= 0.6 is 11.6 Å². The topological polar surface area (TPSA) is 32.3 Å². The molecule has 1 saturated carbocycles. The van der Waals surface area contributed by atoms with E-state index < -0.39 is 0 Å². The van der Waals surface area contributed by atoms with Crippen LogP contribution in [0.3, 0.4) is 0 Å². The van der Waals surface area contributed by atoms with E-state index in [0.717, 1.165) is 23.6 Å². The molecule has 2 aromatic rings. The first-order chi connectivity index (χ1) is 10.2. The van der Waals surface area contributed by atoms with Gasteiger partial charge in [0.15, 0.2) is 0 Å². The van der Waals surface area contributed by atoms with E-state index in [-0.39, 0.29) is 0 Å². The van der Waals surface area contributed by atoms with Gasteiger partial charge in [-0.25, -0.2) is 0 Å². The molecule has 1 atom stereocenters. The van der Waals surface area contributed by atoms with Crippen LogP contribution in [0.25, 0.3) is 0 Å². The second kappa shape index (κ2) is 6.50. The molecular formula is C18H20ClNO. The van der Waals surface area contributed by atoms with Crippen LogP contribution in [0, 0.1) is 0 Å². The molecule has 0 aliphatic heterocycles. The van der Waals surface area contributed by atoms with Crippen molar-refractivity contribution in [3.8, 4) is 5.75 Å². The fraction of sp³-hybridized carbons (Fsp3) is 0.333. The van der Waals surface area contributed by atoms with E-state index in [0.29, 0.717) is 17.7 Å². The Balaban J connectivity index is 1.75. The summed E-state index contributed by atoms with van der Waals surface area (Å²) in [6.45, 7) is 0.960. The predicted octanol–water partition coefficient (Wildman–Crippen LogP) is 4.12. The lowest BCUT2D eigenvalue weighted by Crippen LogP contribution is -2.24. The molecular weight excluding hydrogens is 282 g/mol. The number of nitrogens with one attached hydrogen (secondary N) is 1. The van der Waals surface area contributed by atoms with Crippen molar-refractivity contribution >= 4 is 11.6 Å². The monoisotopic (exact) mass is 301 g/mol. The molecule has 0 aromatic heterocycles. The molecule has 0 saturated heterocycles. The first-order valence-corrected chi connectivity index (χ1v) is 7.85. The first-order valence-electron chi connectivity index (χ1n) is 7.47. The lowest BCUT2D eigenvalue weighted by molar-refractivity contribution is 0.474. The largest absolute Gasteiger partial charge is 0.508 e. The zero-order valence-electron chi connectivity index (χ0n) is 11.9. The molecule has 0 heterocycles. The molecule has 1 fully saturated rings. The number of halogens is 1. The molecule has 1 unspecified atom stereocenters. The highest BCUT2D eigenvalue weighted by Crippen LogP contribution is 2.26. The van der Waals surface area contributed by atoms with E-state index >= 15 is 0 Å². The van der Waals surface area contributed by atoms with Crippen molar-refractivity contribution in [2.45, 2.75) is 31.2 Å². The zero-order chi connectivity index (χ0) is 14.7. The molecule has 2 N–H and O–H groups in total. The van der Waals surface area contributed by atoms with Gasteiger partial charge >= 0.3 is 0 Å². The molecule has 1 aliphatic rings. The minimum atomic E-state index is 0.331. The Morgan fingerprint density at radius 1 is 1.14 bits per heavy atom. The minimum Gasteiger partial charge on any atom is -0.508 e. The Bertz CT molecular complexity index is 592. The highest BCUT2D eigenvalue weighted by Gasteiger charge is 2.22. The van der Waals surface area contributed by atoms with Gasteiger partial charge in [-0.3, -0.25) is 0 Å². The van der Waals surface area contributed by atoms with Gasteiger partial charge in [0.2, 0.25) is 0 Å².